The van der Waals surface area contributed by atoms with Gasteiger partial charge in [-0.25, -0.2) is 0 Å². The fraction of sp³-hybridized carbons (Fsp3) is 0.800. The summed E-state index contributed by atoms with van der Waals surface area (Å²) in [6, 6.07) is 0. The lowest BCUT2D eigenvalue weighted by Crippen LogP contribution is -2.38. The highest BCUT2D eigenvalue weighted by Crippen LogP contribution is 2.26. The van der Waals surface area contributed by atoms with Crippen molar-refractivity contribution in [1.29, 1.82) is 0 Å². The normalized spacial score (nSPS) is 13.0. The SMILES string of the molecule is Cn1cc(CCC(C)(C)CCNC(C)(C)C)cn1. The zero-order valence-electron chi connectivity index (χ0n) is 12.9. The van der Waals surface area contributed by atoms with Gasteiger partial charge in [0.05, 0.1) is 6.20 Å². The van der Waals surface area contributed by atoms with E-state index in [0.717, 1.165) is 13.0 Å². The van der Waals surface area contributed by atoms with Gasteiger partial charge in [-0.15, -0.1) is 0 Å². The van der Waals surface area contributed by atoms with Crippen LogP contribution in [0.2, 0.25) is 0 Å². The molecule has 1 N–H and O–H groups in total. The standard InChI is InChI=1S/C15H29N3/c1-14(2,3)16-10-9-15(4,5)8-7-13-11-17-18(6)12-13/h11-12,16H,7-10H2,1-6H3. The van der Waals surface area contributed by atoms with E-state index in [2.05, 4.69) is 51.2 Å². The van der Waals surface area contributed by atoms with Gasteiger partial charge in [0.1, 0.15) is 0 Å². The Kier molecular flexibility index (Phi) is 4.97. The van der Waals surface area contributed by atoms with Crippen LogP contribution in [0.15, 0.2) is 12.4 Å². The Labute approximate surface area is 112 Å². The zero-order valence-corrected chi connectivity index (χ0v) is 12.9. The van der Waals surface area contributed by atoms with Crippen molar-refractivity contribution in [2.75, 3.05) is 6.54 Å². The summed E-state index contributed by atoms with van der Waals surface area (Å²) in [4.78, 5) is 0. The Morgan fingerprint density at radius 2 is 1.83 bits per heavy atom. The number of nitrogens with one attached hydrogen (secondary N) is 1. The van der Waals surface area contributed by atoms with Crippen LogP contribution in [0.4, 0.5) is 0 Å². The van der Waals surface area contributed by atoms with Crippen LogP contribution in [0.25, 0.3) is 0 Å². The van der Waals surface area contributed by atoms with Gasteiger partial charge in [0.2, 0.25) is 0 Å². The van der Waals surface area contributed by atoms with Gasteiger partial charge in [0, 0.05) is 18.8 Å². The van der Waals surface area contributed by atoms with Crippen molar-refractivity contribution >= 4 is 0 Å². The number of hydrogen-bond acceptors (Lipinski definition) is 2. The van der Waals surface area contributed by atoms with E-state index in [1.54, 1.807) is 0 Å². The second-order valence-electron chi connectivity index (χ2n) is 7.11. The van der Waals surface area contributed by atoms with E-state index in [0.29, 0.717) is 5.41 Å². The molecule has 1 heterocycles. The quantitative estimate of drug-likeness (QED) is 0.841. The van der Waals surface area contributed by atoms with Crippen LogP contribution in [0.1, 0.15) is 53.0 Å². The third kappa shape index (κ3) is 6.20. The maximum Gasteiger partial charge on any atom is 0.0521 e. The summed E-state index contributed by atoms with van der Waals surface area (Å²) in [5, 5.41) is 7.78. The molecule has 18 heavy (non-hydrogen) atoms. The molecule has 0 aliphatic rings. The Morgan fingerprint density at radius 3 is 2.33 bits per heavy atom. The third-order valence-corrected chi connectivity index (χ3v) is 3.31. The van der Waals surface area contributed by atoms with Crippen molar-refractivity contribution in [2.24, 2.45) is 12.5 Å². The van der Waals surface area contributed by atoms with Crippen LogP contribution >= 0.6 is 0 Å². The summed E-state index contributed by atoms with van der Waals surface area (Å²) in [6.45, 7) is 12.5. The predicted octanol–water partition coefficient (Wildman–Crippen LogP) is 3.16. The molecule has 0 atom stereocenters. The van der Waals surface area contributed by atoms with E-state index in [1.807, 2.05) is 17.9 Å². The first-order chi connectivity index (χ1) is 8.18. The van der Waals surface area contributed by atoms with Gasteiger partial charge in [-0.3, -0.25) is 4.68 Å². The van der Waals surface area contributed by atoms with Crippen molar-refractivity contribution in [3.8, 4) is 0 Å². The van der Waals surface area contributed by atoms with Crippen molar-refractivity contribution in [2.45, 2.75) is 59.4 Å². The van der Waals surface area contributed by atoms with Crippen LogP contribution in [0.3, 0.4) is 0 Å². The monoisotopic (exact) mass is 251 g/mol. The van der Waals surface area contributed by atoms with Crippen molar-refractivity contribution < 1.29 is 0 Å². The van der Waals surface area contributed by atoms with Crippen LogP contribution in [0.5, 0.6) is 0 Å². The first kappa shape index (κ1) is 15.2. The van der Waals surface area contributed by atoms with E-state index in [4.69, 9.17) is 0 Å². The van der Waals surface area contributed by atoms with E-state index < -0.39 is 0 Å². The van der Waals surface area contributed by atoms with E-state index >= 15 is 0 Å². The lowest BCUT2D eigenvalue weighted by molar-refractivity contribution is 0.284. The van der Waals surface area contributed by atoms with Gasteiger partial charge in [-0.05, 0) is 57.6 Å². The maximum absolute atomic E-state index is 4.22. The largest absolute Gasteiger partial charge is 0.312 e. The summed E-state index contributed by atoms with van der Waals surface area (Å²) in [5.74, 6) is 0. The van der Waals surface area contributed by atoms with Gasteiger partial charge in [0.15, 0.2) is 0 Å². The first-order valence-electron chi connectivity index (χ1n) is 6.91. The second-order valence-corrected chi connectivity index (χ2v) is 7.11. The Morgan fingerprint density at radius 1 is 1.17 bits per heavy atom. The van der Waals surface area contributed by atoms with Gasteiger partial charge in [-0.1, -0.05) is 13.8 Å². The molecule has 1 aromatic heterocycles. The molecular formula is C15H29N3. The molecule has 0 saturated carbocycles. The molecule has 0 aliphatic heterocycles. The number of rotatable bonds is 6. The molecule has 0 aromatic carbocycles. The van der Waals surface area contributed by atoms with Gasteiger partial charge in [-0.2, -0.15) is 5.10 Å². The molecule has 3 nitrogen and oxygen atoms in total. The van der Waals surface area contributed by atoms with E-state index in [9.17, 15) is 0 Å². The summed E-state index contributed by atoms with van der Waals surface area (Å²) in [7, 11) is 1.97. The third-order valence-electron chi connectivity index (χ3n) is 3.31. The average Bonchev–Trinajstić information content (AvgIpc) is 2.59. The maximum atomic E-state index is 4.22. The summed E-state index contributed by atoms with van der Waals surface area (Å²) in [5.41, 5.74) is 1.95. The number of aryl methyl sites for hydroxylation is 2. The number of aromatic nitrogens is 2. The highest BCUT2D eigenvalue weighted by molar-refractivity contribution is 5.04. The van der Waals surface area contributed by atoms with Crippen LogP contribution in [0, 0.1) is 5.41 Å². The highest BCUT2D eigenvalue weighted by Gasteiger charge is 2.19. The lowest BCUT2D eigenvalue weighted by Gasteiger charge is -2.28. The molecule has 0 aliphatic carbocycles. The molecule has 1 rings (SSSR count). The smallest absolute Gasteiger partial charge is 0.0521 e. The zero-order chi connectivity index (χ0) is 13.8. The molecular weight excluding hydrogens is 222 g/mol. The highest BCUT2D eigenvalue weighted by atomic mass is 15.2. The predicted molar refractivity (Wildman–Crippen MR) is 77.7 cm³/mol. The Balaban J connectivity index is 2.31. The molecule has 0 unspecified atom stereocenters. The minimum absolute atomic E-state index is 0.222. The molecule has 0 fully saturated rings. The Hall–Kier alpha value is -0.830. The molecule has 0 saturated heterocycles. The minimum Gasteiger partial charge on any atom is -0.312 e. The van der Waals surface area contributed by atoms with Crippen molar-refractivity contribution in [3.63, 3.8) is 0 Å². The van der Waals surface area contributed by atoms with Gasteiger partial charge in [0.25, 0.3) is 0 Å². The van der Waals surface area contributed by atoms with Crippen molar-refractivity contribution in [3.05, 3.63) is 18.0 Å². The number of nitrogens with zero attached hydrogens (tertiary/aromatic N) is 2. The summed E-state index contributed by atoms with van der Waals surface area (Å²) in [6.07, 6.45) is 7.64. The fourth-order valence-electron chi connectivity index (χ4n) is 1.98. The average molecular weight is 251 g/mol. The molecule has 104 valence electrons. The van der Waals surface area contributed by atoms with E-state index in [1.165, 1.54) is 18.4 Å². The topological polar surface area (TPSA) is 29.9 Å². The Bertz CT molecular complexity index is 358. The van der Waals surface area contributed by atoms with Crippen molar-refractivity contribution in [1.82, 2.24) is 15.1 Å². The first-order valence-corrected chi connectivity index (χ1v) is 6.91. The summed E-state index contributed by atoms with van der Waals surface area (Å²) < 4.78 is 1.88. The van der Waals surface area contributed by atoms with Gasteiger partial charge < -0.3 is 5.32 Å². The van der Waals surface area contributed by atoms with Crippen LogP contribution in [-0.2, 0) is 13.5 Å². The van der Waals surface area contributed by atoms with Gasteiger partial charge >= 0.3 is 0 Å². The fourth-order valence-corrected chi connectivity index (χ4v) is 1.98. The molecule has 0 bridgehead atoms. The summed E-state index contributed by atoms with van der Waals surface area (Å²) >= 11 is 0. The molecule has 0 amide bonds. The molecule has 0 radical (unpaired) electrons. The minimum atomic E-state index is 0.222. The van der Waals surface area contributed by atoms with Crippen LogP contribution < -0.4 is 5.32 Å². The van der Waals surface area contributed by atoms with E-state index in [-0.39, 0.29) is 5.54 Å². The molecule has 0 spiro atoms. The molecule has 1 aromatic rings. The second kappa shape index (κ2) is 5.87. The lowest BCUT2D eigenvalue weighted by atomic mass is 9.83. The molecule has 3 heteroatoms. The van der Waals surface area contributed by atoms with Crippen LogP contribution in [-0.4, -0.2) is 21.9 Å². The number of hydrogen-bond donors (Lipinski definition) is 1.